The number of hydrogen-bond donors (Lipinski definition) is 1. The van der Waals surface area contributed by atoms with Crippen molar-refractivity contribution in [3.63, 3.8) is 0 Å². The molecule has 2 heterocycles. The van der Waals surface area contributed by atoms with Gasteiger partial charge in [-0.2, -0.15) is 0 Å². The Morgan fingerprint density at radius 3 is 2.61 bits per heavy atom. The van der Waals surface area contributed by atoms with E-state index in [9.17, 15) is 9.59 Å². The van der Waals surface area contributed by atoms with Crippen LogP contribution in [0, 0.1) is 0 Å². The maximum absolute atomic E-state index is 13.8. The second-order valence-corrected chi connectivity index (χ2v) is 9.76. The van der Waals surface area contributed by atoms with Gasteiger partial charge in [-0.25, -0.2) is 0 Å². The van der Waals surface area contributed by atoms with E-state index in [1.54, 1.807) is 4.90 Å². The lowest BCUT2D eigenvalue weighted by Crippen LogP contribution is -2.64. The van der Waals surface area contributed by atoms with Crippen LogP contribution in [0.5, 0.6) is 5.75 Å². The summed E-state index contributed by atoms with van der Waals surface area (Å²) in [6.45, 7) is 10.4. The second-order valence-electron chi connectivity index (χ2n) is 9.76. The van der Waals surface area contributed by atoms with Crippen LogP contribution in [-0.4, -0.2) is 59.2 Å². The Morgan fingerprint density at radius 1 is 1.14 bits per heavy atom. The second kappa shape index (κ2) is 11.2. The predicted molar refractivity (Wildman–Crippen MR) is 141 cm³/mol. The molecule has 1 aliphatic heterocycles. The number of carbonyl (C=O) groups is 2. The molecule has 7 nitrogen and oxygen atoms in total. The first kappa shape index (κ1) is 25.8. The molecular weight excluding hydrogens is 454 g/mol. The summed E-state index contributed by atoms with van der Waals surface area (Å²) >= 11 is 0. The molecule has 36 heavy (non-hydrogen) atoms. The molecule has 2 aromatic carbocycles. The third kappa shape index (κ3) is 5.41. The quantitative estimate of drug-likeness (QED) is 0.403. The van der Waals surface area contributed by atoms with E-state index in [0.717, 1.165) is 28.6 Å². The average molecular weight is 492 g/mol. The number of para-hydroxylation sites is 1. The molecule has 1 aliphatic rings. The van der Waals surface area contributed by atoms with Crippen molar-refractivity contribution in [3.05, 3.63) is 65.9 Å². The van der Waals surface area contributed by atoms with Gasteiger partial charge in [0.15, 0.2) is 0 Å². The Morgan fingerprint density at radius 2 is 1.89 bits per heavy atom. The standard InChI is InChI=1S/C29H37N3O4/c1-5-35-24-13-11-22(12-14-24)15-17-32-27(33)26-19-23-9-6-7-10-25(23)31(26)20-29(32,4)28(34)30-16-8-18-36-21(2)3/h6-7,9-14,19,21H,5,8,15-18,20H2,1-4H3,(H,30,34). The molecule has 0 fully saturated rings. The summed E-state index contributed by atoms with van der Waals surface area (Å²) in [6, 6.07) is 17.8. The fourth-order valence-corrected chi connectivity index (χ4v) is 4.80. The van der Waals surface area contributed by atoms with Crippen molar-refractivity contribution >= 4 is 22.7 Å². The lowest BCUT2D eigenvalue weighted by Gasteiger charge is -2.44. The van der Waals surface area contributed by atoms with Crippen LogP contribution in [0.2, 0.25) is 0 Å². The summed E-state index contributed by atoms with van der Waals surface area (Å²) in [5, 5.41) is 4.07. The SMILES string of the molecule is CCOc1ccc(CCN2C(=O)c3cc4ccccc4n3CC2(C)C(=O)NCCCOC(C)C)cc1. The molecule has 0 bridgehead atoms. The van der Waals surface area contributed by atoms with Crippen LogP contribution in [0.3, 0.4) is 0 Å². The number of aromatic nitrogens is 1. The van der Waals surface area contributed by atoms with Crippen LogP contribution in [0.15, 0.2) is 54.6 Å². The normalized spacial score (nSPS) is 17.5. The largest absolute Gasteiger partial charge is 0.494 e. The van der Waals surface area contributed by atoms with E-state index < -0.39 is 5.54 Å². The number of hydrogen-bond acceptors (Lipinski definition) is 4. The Bertz CT molecular complexity index is 1200. The molecule has 1 atom stereocenters. The van der Waals surface area contributed by atoms with Crippen LogP contribution in [-0.2, 0) is 22.5 Å². The van der Waals surface area contributed by atoms with Crippen molar-refractivity contribution < 1.29 is 19.1 Å². The fraction of sp³-hybridized carbons (Fsp3) is 0.448. The molecule has 0 radical (unpaired) electrons. The molecule has 0 saturated heterocycles. The number of fused-ring (bicyclic) bond motifs is 3. The van der Waals surface area contributed by atoms with Crippen molar-refractivity contribution in [2.24, 2.45) is 0 Å². The van der Waals surface area contributed by atoms with Gasteiger partial charge in [0.05, 0.1) is 19.3 Å². The molecule has 1 N–H and O–H groups in total. The van der Waals surface area contributed by atoms with Crippen molar-refractivity contribution in [2.45, 2.75) is 58.7 Å². The van der Waals surface area contributed by atoms with E-state index in [1.807, 2.05) is 86.9 Å². The Balaban J connectivity index is 1.56. The first-order valence-electron chi connectivity index (χ1n) is 12.9. The van der Waals surface area contributed by atoms with E-state index >= 15 is 0 Å². The van der Waals surface area contributed by atoms with Crippen LogP contribution >= 0.6 is 0 Å². The van der Waals surface area contributed by atoms with Crippen molar-refractivity contribution in [2.75, 3.05) is 26.3 Å². The molecular formula is C29H37N3O4. The summed E-state index contributed by atoms with van der Waals surface area (Å²) in [7, 11) is 0. The van der Waals surface area contributed by atoms with Crippen LogP contribution in [0.4, 0.5) is 0 Å². The minimum absolute atomic E-state index is 0.121. The molecule has 1 aromatic heterocycles. The number of rotatable bonds is 11. The molecule has 192 valence electrons. The maximum Gasteiger partial charge on any atom is 0.271 e. The highest BCUT2D eigenvalue weighted by Gasteiger charge is 2.47. The number of nitrogens with one attached hydrogen (secondary N) is 1. The zero-order chi connectivity index (χ0) is 25.7. The summed E-state index contributed by atoms with van der Waals surface area (Å²) in [5.74, 6) is 0.560. The third-order valence-electron chi connectivity index (χ3n) is 6.74. The monoisotopic (exact) mass is 491 g/mol. The molecule has 0 spiro atoms. The lowest BCUT2D eigenvalue weighted by atomic mass is 9.94. The molecule has 0 aliphatic carbocycles. The highest BCUT2D eigenvalue weighted by molar-refractivity contribution is 6.03. The minimum Gasteiger partial charge on any atom is -0.494 e. The van der Waals surface area contributed by atoms with E-state index in [4.69, 9.17) is 9.47 Å². The highest BCUT2D eigenvalue weighted by Crippen LogP contribution is 2.32. The molecule has 0 saturated carbocycles. The zero-order valence-electron chi connectivity index (χ0n) is 21.8. The van der Waals surface area contributed by atoms with Crippen molar-refractivity contribution in [3.8, 4) is 5.75 Å². The van der Waals surface area contributed by atoms with Gasteiger partial charge in [0, 0.05) is 30.6 Å². The van der Waals surface area contributed by atoms with Crippen molar-refractivity contribution in [1.29, 1.82) is 0 Å². The van der Waals surface area contributed by atoms with Gasteiger partial charge < -0.3 is 24.3 Å². The van der Waals surface area contributed by atoms with Gasteiger partial charge in [0.2, 0.25) is 5.91 Å². The van der Waals surface area contributed by atoms with Gasteiger partial charge in [0.25, 0.3) is 5.91 Å². The number of ether oxygens (including phenoxy) is 2. The minimum atomic E-state index is -1.02. The van der Waals surface area contributed by atoms with E-state index in [2.05, 4.69) is 5.32 Å². The van der Waals surface area contributed by atoms with Gasteiger partial charge in [-0.3, -0.25) is 9.59 Å². The Hall–Kier alpha value is -3.32. The summed E-state index contributed by atoms with van der Waals surface area (Å²) < 4.78 is 13.1. The van der Waals surface area contributed by atoms with Crippen LogP contribution < -0.4 is 10.1 Å². The topological polar surface area (TPSA) is 72.8 Å². The number of carbonyl (C=O) groups excluding carboxylic acids is 2. The van der Waals surface area contributed by atoms with Gasteiger partial charge in [-0.1, -0.05) is 30.3 Å². The number of amides is 2. The first-order valence-corrected chi connectivity index (χ1v) is 12.9. The fourth-order valence-electron chi connectivity index (χ4n) is 4.80. The maximum atomic E-state index is 13.8. The van der Waals surface area contributed by atoms with Crippen LogP contribution in [0.1, 0.15) is 50.2 Å². The van der Waals surface area contributed by atoms with Gasteiger partial charge in [0.1, 0.15) is 17.0 Å². The Labute approximate surface area is 213 Å². The molecule has 4 rings (SSSR count). The average Bonchev–Trinajstić information content (AvgIpc) is 3.23. The predicted octanol–water partition coefficient (Wildman–Crippen LogP) is 4.43. The van der Waals surface area contributed by atoms with Crippen LogP contribution in [0.25, 0.3) is 10.9 Å². The Kier molecular flexibility index (Phi) is 7.99. The highest BCUT2D eigenvalue weighted by atomic mass is 16.5. The van der Waals surface area contributed by atoms with Gasteiger partial charge in [-0.05, 0) is 70.4 Å². The van der Waals surface area contributed by atoms with E-state index in [1.165, 1.54) is 0 Å². The summed E-state index contributed by atoms with van der Waals surface area (Å²) in [6.07, 6.45) is 1.52. The molecule has 2 amide bonds. The lowest BCUT2D eigenvalue weighted by molar-refractivity contribution is -0.132. The smallest absolute Gasteiger partial charge is 0.271 e. The number of benzene rings is 2. The van der Waals surface area contributed by atoms with E-state index in [-0.39, 0.29) is 17.9 Å². The summed E-state index contributed by atoms with van der Waals surface area (Å²) in [4.78, 5) is 29.1. The molecule has 7 heteroatoms. The van der Waals surface area contributed by atoms with E-state index in [0.29, 0.717) is 45.0 Å². The summed E-state index contributed by atoms with van der Waals surface area (Å²) in [5.41, 5.74) is 1.66. The third-order valence-corrected chi connectivity index (χ3v) is 6.74. The van der Waals surface area contributed by atoms with Gasteiger partial charge >= 0.3 is 0 Å². The molecule has 1 unspecified atom stereocenters. The zero-order valence-corrected chi connectivity index (χ0v) is 21.8. The van der Waals surface area contributed by atoms with Crippen molar-refractivity contribution in [1.82, 2.24) is 14.8 Å². The number of nitrogens with zero attached hydrogens (tertiary/aromatic N) is 2. The first-order chi connectivity index (χ1) is 17.3. The van der Waals surface area contributed by atoms with Gasteiger partial charge in [-0.15, -0.1) is 0 Å². The molecule has 3 aromatic rings.